The van der Waals surface area contributed by atoms with Crippen molar-refractivity contribution in [3.63, 3.8) is 0 Å². The van der Waals surface area contributed by atoms with Crippen molar-refractivity contribution in [2.24, 2.45) is 5.41 Å². The Balaban J connectivity index is 5.04. The average Bonchev–Trinajstić information content (AvgIpc) is 2.74. The van der Waals surface area contributed by atoms with E-state index in [0.717, 1.165) is 23.0 Å². The zero-order valence-corrected chi connectivity index (χ0v) is 30.6. The van der Waals surface area contributed by atoms with E-state index < -0.39 is 0 Å². The van der Waals surface area contributed by atoms with Crippen LogP contribution in [0.2, 0.25) is 0 Å². The van der Waals surface area contributed by atoms with Gasteiger partial charge in [-0.1, -0.05) is 27.7 Å². The molecule has 0 N–H and O–H groups in total. The monoisotopic (exact) mass is 676 g/mol. The summed E-state index contributed by atoms with van der Waals surface area (Å²) in [6.45, 7) is 8.74. The van der Waals surface area contributed by atoms with Gasteiger partial charge in [-0.05, 0) is 12.2 Å². The van der Waals surface area contributed by atoms with Crippen molar-refractivity contribution in [1.82, 2.24) is 0 Å². The van der Waals surface area contributed by atoms with Gasteiger partial charge in [0, 0.05) is 94.9 Å². The van der Waals surface area contributed by atoms with Crippen LogP contribution in [0.15, 0.2) is 0 Å². The third kappa shape index (κ3) is 22.6. The summed E-state index contributed by atoms with van der Waals surface area (Å²) in [5.41, 5.74) is 0.252. The molecule has 0 saturated heterocycles. The van der Waals surface area contributed by atoms with Crippen molar-refractivity contribution in [3.8, 4) is 0 Å². The van der Waals surface area contributed by atoms with Gasteiger partial charge in [-0.15, -0.1) is 0 Å². The second-order valence-corrected chi connectivity index (χ2v) is 19.7. The molecular formula is C23H48S11. The largest absolute Gasteiger partial charge is 0.175 e. The fourth-order valence-electron chi connectivity index (χ4n) is 2.90. The van der Waals surface area contributed by atoms with Crippen molar-refractivity contribution in [1.29, 1.82) is 0 Å². The first-order valence-corrected chi connectivity index (χ1v) is 21.5. The summed E-state index contributed by atoms with van der Waals surface area (Å²) in [4.78, 5) is 0. The van der Waals surface area contributed by atoms with Gasteiger partial charge in [0.2, 0.25) is 0 Å². The Morgan fingerprint density at radius 3 is 1.21 bits per heavy atom. The first-order chi connectivity index (χ1) is 16.1. The standard InChI is InChI=1S/C23H48S11/c1-18(24)11-29-6-5-22(28)23(17-34-14-21(4)27,15-32-9-7-30-12-19(2)25)16-33-10-8-31-13-20(3)26/h18-22,24-28H,5-17H2,1-4H3. The second-order valence-electron chi connectivity index (χ2n) is 8.91. The van der Waals surface area contributed by atoms with Gasteiger partial charge in [-0.2, -0.15) is 134 Å². The molecule has 0 spiro atoms. The summed E-state index contributed by atoms with van der Waals surface area (Å²) in [7, 11) is 0. The lowest BCUT2D eigenvalue weighted by Crippen LogP contribution is -2.40. The molecule has 0 bridgehead atoms. The Kier molecular flexibility index (Phi) is 27.4. The van der Waals surface area contributed by atoms with Crippen molar-refractivity contribution in [2.45, 2.75) is 60.4 Å². The Bertz CT molecular complexity index is 427. The molecule has 0 amide bonds. The smallest absolute Gasteiger partial charge is 0.0105 e. The van der Waals surface area contributed by atoms with Gasteiger partial charge in [0.1, 0.15) is 0 Å². The molecule has 5 atom stereocenters. The molecule has 11 heteroatoms. The van der Waals surface area contributed by atoms with E-state index in [4.69, 9.17) is 12.6 Å². The molecule has 206 valence electrons. The highest BCUT2D eigenvalue weighted by atomic mass is 32.2. The van der Waals surface area contributed by atoms with E-state index in [2.05, 4.69) is 113 Å². The van der Waals surface area contributed by atoms with E-state index in [1.807, 2.05) is 35.3 Å². The summed E-state index contributed by atoms with van der Waals surface area (Å²) >= 11 is 36.0. The molecule has 0 nitrogen and oxygen atoms in total. The molecule has 0 aliphatic heterocycles. The van der Waals surface area contributed by atoms with Crippen LogP contribution in [0.4, 0.5) is 0 Å². The van der Waals surface area contributed by atoms with E-state index in [0.29, 0.717) is 26.2 Å². The van der Waals surface area contributed by atoms with Crippen LogP contribution in [0.25, 0.3) is 0 Å². The maximum absolute atomic E-state index is 5.28. The second kappa shape index (κ2) is 24.6. The fraction of sp³-hybridized carbons (Fsp3) is 1.00. The lowest BCUT2D eigenvalue weighted by Gasteiger charge is -2.39. The van der Waals surface area contributed by atoms with Crippen LogP contribution in [0, 0.1) is 5.41 Å². The molecule has 0 saturated carbocycles. The zero-order valence-electron chi connectivity index (χ0n) is 21.3. The molecule has 0 aliphatic carbocycles. The van der Waals surface area contributed by atoms with E-state index in [9.17, 15) is 0 Å². The molecule has 0 aromatic rings. The number of thioether (sulfide) groups is 6. The normalized spacial score (nSPS) is 18.3. The van der Waals surface area contributed by atoms with E-state index in [1.165, 1.54) is 52.4 Å². The highest BCUT2D eigenvalue weighted by molar-refractivity contribution is 8.04. The number of hydrogen-bond donors (Lipinski definition) is 5. The molecule has 5 unspecified atom stereocenters. The van der Waals surface area contributed by atoms with E-state index in [1.54, 1.807) is 0 Å². The zero-order chi connectivity index (χ0) is 25.8. The minimum absolute atomic E-state index is 0.252. The minimum atomic E-state index is 0.252. The van der Waals surface area contributed by atoms with Gasteiger partial charge in [0.05, 0.1) is 0 Å². The van der Waals surface area contributed by atoms with Gasteiger partial charge in [-0.3, -0.25) is 0 Å². The molecule has 0 aromatic heterocycles. The predicted molar refractivity (Wildman–Crippen MR) is 198 cm³/mol. The van der Waals surface area contributed by atoms with Crippen LogP contribution in [-0.2, 0) is 0 Å². The van der Waals surface area contributed by atoms with Crippen LogP contribution >= 0.6 is 134 Å². The van der Waals surface area contributed by atoms with Crippen LogP contribution in [0.5, 0.6) is 0 Å². The number of rotatable bonds is 24. The van der Waals surface area contributed by atoms with Crippen molar-refractivity contribution < 1.29 is 0 Å². The Hall–Kier alpha value is 3.85. The Morgan fingerprint density at radius 2 is 0.794 bits per heavy atom. The maximum Gasteiger partial charge on any atom is 0.0105 e. The molecule has 0 fully saturated rings. The Morgan fingerprint density at radius 1 is 0.471 bits per heavy atom. The highest BCUT2D eigenvalue weighted by Gasteiger charge is 2.36. The van der Waals surface area contributed by atoms with Gasteiger partial charge in [-0.25, -0.2) is 0 Å². The Labute approximate surface area is 265 Å². The summed E-state index contributed by atoms with van der Waals surface area (Å²) in [5.74, 6) is 14.1. The predicted octanol–water partition coefficient (Wildman–Crippen LogP) is 8.33. The quantitative estimate of drug-likeness (QED) is 0.0512. The van der Waals surface area contributed by atoms with Gasteiger partial charge in [0.15, 0.2) is 0 Å². The first kappa shape index (κ1) is 37.9. The van der Waals surface area contributed by atoms with Gasteiger partial charge < -0.3 is 0 Å². The van der Waals surface area contributed by atoms with Gasteiger partial charge in [0.25, 0.3) is 0 Å². The van der Waals surface area contributed by atoms with Crippen molar-refractivity contribution >= 4 is 134 Å². The minimum Gasteiger partial charge on any atom is -0.175 e. The molecule has 0 aromatic carbocycles. The van der Waals surface area contributed by atoms with Gasteiger partial charge >= 0.3 is 0 Å². The van der Waals surface area contributed by atoms with Crippen LogP contribution in [0.1, 0.15) is 34.1 Å². The van der Waals surface area contributed by atoms with Crippen LogP contribution < -0.4 is 0 Å². The summed E-state index contributed by atoms with van der Waals surface area (Å²) < 4.78 is 0. The molecule has 0 rings (SSSR count). The first-order valence-electron chi connectivity index (χ1n) is 12.0. The summed E-state index contributed by atoms with van der Waals surface area (Å²) in [5, 5.41) is 2.28. The van der Waals surface area contributed by atoms with E-state index >= 15 is 0 Å². The van der Waals surface area contributed by atoms with Crippen LogP contribution in [0.3, 0.4) is 0 Å². The number of hydrogen-bond acceptors (Lipinski definition) is 11. The maximum atomic E-state index is 5.28. The third-order valence-corrected chi connectivity index (χ3v) is 15.4. The average molecular weight is 677 g/mol. The fourth-order valence-corrected chi connectivity index (χ4v) is 12.5. The highest BCUT2D eigenvalue weighted by Crippen LogP contribution is 2.40. The van der Waals surface area contributed by atoms with E-state index in [-0.39, 0.29) is 5.41 Å². The van der Waals surface area contributed by atoms with Crippen LogP contribution in [-0.4, -0.2) is 95.3 Å². The summed E-state index contributed by atoms with van der Waals surface area (Å²) in [6.07, 6.45) is 1.17. The lowest BCUT2D eigenvalue weighted by molar-refractivity contribution is 0.419. The lowest BCUT2D eigenvalue weighted by atomic mass is 9.89. The molecule has 34 heavy (non-hydrogen) atoms. The van der Waals surface area contributed by atoms with Crippen molar-refractivity contribution in [2.75, 3.05) is 69.0 Å². The molecular weight excluding hydrogens is 629 g/mol. The molecule has 0 aliphatic rings. The summed E-state index contributed by atoms with van der Waals surface area (Å²) in [6, 6.07) is 0. The molecule has 0 radical (unpaired) electrons. The SMILES string of the molecule is CC(S)CSCCSCC(CSCCSCC(C)S)(CSCC(C)S)C(S)CCSCC(C)S. The topological polar surface area (TPSA) is 0 Å². The number of thiol groups is 5. The van der Waals surface area contributed by atoms with Crippen molar-refractivity contribution in [3.05, 3.63) is 0 Å². The third-order valence-electron chi connectivity index (χ3n) is 4.59. The molecule has 0 heterocycles.